The Morgan fingerprint density at radius 2 is 2.07 bits per heavy atom. The van der Waals surface area contributed by atoms with Gasteiger partial charge in [0, 0.05) is 23.9 Å². The first kappa shape index (κ1) is 18.1. The number of nitro benzene ring substituents is 1. The van der Waals surface area contributed by atoms with Crippen LogP contribution in [-0.4, -0.2) is 27.7 Å². The first-order valence-electron chi connectivity index (χ1n) is 8.19. The van der Waals surface area contributed by atoms with Crippen molar-refractivity contribution in [2.24, 2.45) is 0 Å². The van der Waals surface area contributed by atoms with Gasteiger partial charge in [-0.25, -0.2) is 0 Å². The molecular weight excluding hydrogens is 348 g/mol. The molecule has 0 aliphatic carbocycles. The number of ether oxygens (including phenoxy) is 1. The van der Waals surface area contributed by atoms with Crippen molar-refractivity contribution < 1.29 is 14.5 Å². The molecule has 0 fully saturated rings. The minimum atomic E-state index is -0.591. The summed E-state index contributed by atoms with van der Waals surface area (Å²) < 4.78 is 6.65. The number of amides is 1. The van der Waals surface area contributed by atoms with Crippen LogP contribution in [-0.2, 0) is 6.54 Å². The summed E-state index contributed by atoms with van der Waals surface area (Å²) in [5, 5.41) is 18.1. The number of nitrogens with zero attached hydrogens (tertiary/aromatic N) is 3. The minimum absolute atomic E-state index is 0.0963. The fourth-order valence-electron chi connectivity index (χ4n) is 2.68. The number of carbonyl (C=O) groups is 1. The maximum absolute atomic E-state index is 12.4. The Morgan fingerprint density at radius 3 is 2.78 bits per heavy atom. The van der Waals surface area contributed by atoms with Gasteiger partial charge in [-0.2, -0.15) is 5.10 Å². The number of aryl methyl sites for hydroxylation is 1. The lowest BCUT2D eigenvalue weighted by atomic mass is 10.1. The smallest absolute Gasteiger partial charge is 0.311 e. The normalized spacial score (nSPS) is 10.4. The van der Waals surface area contributed by atoms with E-state index in [-0.39, 0.29) is 17.0 Å². The molecule has 0 aliphatic rings. The van der Waals surface area contributed by atoms with Crippen LogP contribution < -0.4 is 10.1 Å². The first-order valence-corrected chi connectivity index (χ1v) is 8.19. The molecule has 3 rings (SSSR count). The van der Waals surface area contributed by atoms with Crippen LogP contribution in [0.1, 0.15) is 21.5 Å². The van der Waals surface area contributed by atoms with E-state index in [1.807, 2.05) is 25.1 Å². The van der Waals surface area contributed by atoms with E-state index in [4.69, 9.17) is 4.74 Å². The second-order valence-corrected chi connectivity index (χ2v) is 5.99. The zero-order chi connectivity index (χ0) is 19.4. The number of rotatable bonds is 6. The Kier molecular flexibility index (Phi) is 5.16. The van der Waals surface area contributed by atoms with Gasteiger partial charge < -0.3 is 10.1 Å². The molecule has 0 unspecified atom stereocenters. The Bertz CT molecular complexity index is 997. The average Bonchev–Trinajstić information content (AvgIpc) is 3.07. The van der Waals surface area contributed by atoms with Gasteiger partial charge in [0.15, 0.2) is 11.6 Å². The van der Waals surface area contributed by atoms with Gasteiger partial charge in [0.1, 0.15) is 0 Å². The van der Waals surface area contributed by atoms with E-state index in [1.165, 1.54) is 25.3 Å². The van der Waals surface area contributed by atoms with Crippen molar-refractivity contribution in [1.29, 1.82) is 0 Å². The van der Waals surface area contributed by atoms with Gasteiger partial charge in [0.05, 0.1) is 18.6 Å². The third kappa shape index (κ3) is 4.30. The molecule has 2 aromatic carbocycles. The van der Waals surface area contributed by atoms with E-state index in [2.05, 4.69) is 16.5 Å². The lowest BCUT2D eigenvalue weighted by Gasteiger charge is -2.05. The monoisotopic (exact) mass is 366 g/mol. The largest absolute Gasteiger partial charge is 0.490 e. The van der Waals surface area contributed by atoms with Crippen LogP contribution in [0.5, 0.6) is 5.75 Å². The molecule has 1 N–H and O–H groups in total. The molecule has 0 bridgehead atoms. The maximum Gasteiger partial charge on any atom is 0.311 e. The maximum atomic E-state index is 12.4. The molecule has 0 aliphatic heterocycles. The Balaban J connectivity index is 1.72. The fourth-order valence-corrected chi connectivity index (χ4v) is 2.68. The molecular formula is C19H18N4O4. The number of methoxy groups -OCH3 is 1. The van der Waals surface area contributed by atoms with Crippen molar-refractivity contribution in [1.82, 2.24) is 9.78 Å². The summed E-state index contributed by atoms with van der Waals surface area (Å²) in [7, 11) is 1.34. The second-order valence-electron chi connectivity index (χ2n) is 5.99. The van der Waals surface area contributed by atoms with Crippen LogP contribution >= 0.6 is 0 Å². The topological polar surface area (TPSA) is 99.3 Å². The molecule has 0 saturated carbocycles. The Hall–Kier alpha value is -3.68. The summed E-state index contributed by atoms with van der Waals surface area (Å²) in [6.45, 7) is 2.60. The van der Waals surface area contributed by atoms with Gasteiger partial charge in [0.25, 0.3) is 5.91 Å². The number of benzene rings is 2. The predicted molar refractivity (Wildman–Crippen MR) is 100 cm³/mol. The molecule has 0 saturated heterocycles. The highest BCUT2D eigenvalue weighted by atomic mass is 16.6. The van der Waals surface area contributed by atoms with E-state index in [0.29, 0.717) is 12.4 Å². The Morgan fingerprint density at radius 1 is 1.26 bits per heavy atom. The van der Waals surface area contributed by atoms with Crippen molar-refractivity contribution in [3.8, 4) is 5.75 Å². The minimum Gasteiger partial charge on any atom is -0.490 e. The van der Waals surface area contributed by atoms with E-state index in [1.54, 1.807) is 16.9 Å². The summed E-state index contributed by atoms with van der Waals surface area (Å²) in [4.78, 5) is 22.9. The lowest BCUT2D eigenvalue weighted by Crippen LogP contribution is -2.13. The summed E-state index contributed by atoms with van der Waals surface area (Å²) in [6, 6.07) is 13.8. The zero-order valence-electron chi connectivity index (χ0n) is 14.9. The van der Waals surface area contributed by atoms with Crippen molar-refractivity contribution >= 4 is 17.4 Å². The molecule has 27 heavy (non-hydrogen) atoms. The number of hydrogen-bond donors (Lipinski definition) is 1. The van der Waals surface area contributed by atoms with Crippen LogP contribution in [0.4, 0.5) is 11.5 Å². The highest BCUT2D eigenvalue weighted by Crippen LogP contribution is 2.27. The van der Waals surface area contributed by atoms with Crippen LogP contribution in [0.3, 0.4) is 0 Å². The van der Waals surface area contributed by atoms with Gasteiger partial charge in [0.2, 0.25) is 0 Å². The zero-order valence-corrected chi connectivity index (χ0v) is 14.9. The highest BCUT2D eigenvalue weighted by molar-refractivity contribution is 6.04. The SMILES string of the molecule is COc1ccc(C(=O)Nc2ccn(Cc3cccc(C)c3)n2)cc1[N+](=O)[O-]. The molecule has 1 amide bonds. The summed E-state index contributed by atoms with van der Waals surface area (Å²) >= 11 is 0. The van der Waals surface area contributed by atoms with Crippen LogP contribution in [0.2, 0.25) is 0 Å². The van der Waals surface area contributed by atoms with Crippen molar-refractivity contribution in [2.75, 3.05) is 12.4 Å². The van der Waals surface area contributed by atoms with Crippen LogP contribution in [0.15, 0.2) is 54.7 Å². The number of carbonyl (C=O) groups excluding carboxylic acids is 1. The number of nitrogens with one attached hydrogen (secondary N) is 1. The van der Waals surface area contributed by atoms with Gasteiger partial charge in [-0.05, 0) is 24.6 Å². The summed E-state index contributed by atoms with van der Waals surface area (Å²) in [5.74, 6) is -0.0216. The van der Waals surface area contributed by atoms with E-state index < -0.39 is 10.8 Å². The standard InChI is InChI=1S/C19H18N4O4/c1-13-4-3-5-14(10-13)12-22-9-8-18(21-22)20-19(24)15-6-7-17(27-2)16(11-15)23(25)26/h3-11H,12H2,1-2H3,(H,20,21,24). The van der Waals surface area contributed by atoms with Crippen LogP contribution in [0.25, 0.3) is 0 Å². The molecule has 1 heterocycles. The summed E-state index contributed by atoms with van der Waals surface area (Å²) in [6.07, 6.45) is 1.76. The second kappa shape index (κ2) is 7.69. The van der Waals surface area contributed by atoms with E-state index in [0.717, 1.165) is 11.1 Å². The van der Waals surface area contributed by atoms with E-state index >= 15 is 0 Å². The summed E-state index contributed by atoms with van der Waals surface area (Å²) in [5.41, 5.74) is 2.14. The molecule has 0 radical (unpaired) electrons. The number of hydrogen-bond acceptors (Lipinski definition) is 5. The lowest BCUT2D eigenvalue weighted by molar-refractivity contribution is -0.385. The van der Waals surface area contributed by atoms with Gasteiger partial charge >= 0.3 is 5.69 Å². The van der Waals surface area contributed by atoms with Crippen molar-refractivity contribution in [2.45, 2.75) is 13.5 Å². The molecule has 0 atom stereocenters. The van der Waals surface area contributed by atoms with Crippen LogP contribution in [0, 0.1) is 17.0 Å². The molecule has 8 nitrogen and oxygen atoms in total. The third-order valence-electron chi connectivity index (χ3n) is 3.95. The number of anilines is 1. The first-order chi connectivity index (χ1) is 13.0. The number of nitro groups is 1. The van der Waals surface area contributed by atoms with Gasteiger partial charge in [-0.3, -0.25) is 19.6 Å². The van der Waals surface area contributed by atoms with Gasteiger partial charge in [-0.15, -0.1) is 0 Å². The van der Waals surface area contributed by atoms with Crippen molar-refractivity contribution in [3.05, 3.63) is 81.5 Å². The van der Waals surface area contributed by atoms with E-state index in [9.17, 15) is 14.9 Å². The Labute approximate surface area is 155 Å². The van der Waals surface area contributed by atoms with Crippen molar-refractivity contribution in [3.63, 3.8) is 0 Å². The van der Waals surface area contributed by atoms with Gasteiger partial charge in [-0.1, -0.05) is 29.8 Å². The average molecular weight is 366 g/mol. The predicted octanol–water partition coefficient (Wildman–Crippen LogP) is 3.41. The number of aromatic nitrogens is 2. The molecule has 138 valence electrons. The molecule has 3 aromatic rings. The molecule has 0 spiro atoms. The third-order valence-corrected chi connectivity index (χ3v) is 3.95. The quantitative estimate of drug-likeness (QED) is 0.532. The fraction of sp³-hybridized carbons (Fsp3) is 0.158. The molecule has 8 heteroatoms. The molecule has 1 aromatic heterocycles. The highest BCUT2D eigenvalue weighted by Gasteiger charge is 2.18.